The van der Waals surface area contributed by atoms with Gasteiger partial charge < -0.3 is 9.47 Å². The molecule has 0 saturated heterocycles. The standard InChI is InChI=1S/C16H12Cl2N4O3/c17-12-3-6-15(14(18)9-12)24-7-8-25-16(23)11-1-4-13(5-2-11)22-10-19-20-21-22/h1-6,9-10H,7-8H2. The van der Waals surface area contributed by atoms with Crippen molar-refractivity contribution < 1.29 is 14.3 Å². The molecule has 0 aliphatic carbocycles. The average Bonchev–Trinajstić information content (AvgIpc) is 3.15. The monoisotopic (exact) mass is 378 g/mol. The molecule has 0 spiro atoms. The van der Waals surface area contributed by atoms with Crippen LogP contribution in [0.4, 0.5) is 0 Å². The lowest BCUT2D eigenvalue weighted by Gasteiger charge is -2.09. The van der Waals surface area contributed by atoms with Gasteiger partial charge in [0.2, 0.25) is 0 Å². The SMILES string of the molecule is O=C(OCCOc1ccc(Cl)cc1Cl)c1ccc(-n2cnnn2)cc1. The minimum Gasteiger partial charge on any atom is -0.488 e. The summed E-state index contributed by atoms with van der Waals surface area (Å²) in [5, 5.41) is 11.8. The van der Waals surface area contributed by atoms with Crippen LogP contribution in [0, 0.1) is 0 Å². The molecule has 0 fully saturated rings. The second-order valence-electron chi connectivity index (χ2n) is 4.86. The Labute approximate surface area is 153 Å². The van der Waals surface area contributed by atoms with Crippen molar-refractivity contribution in [1.29, 1.82) is 0 Å². The number of carbonyl (C=O) groups is 1. The zero-order chi connectivity index (χ0) is 17.6. The van der Waals surface area contributed by atoms with Gasteiger partial charge in [-0.25, -0.2) is 9.48 Å². The van der Waals surface area contributed by atoms with Crippen molar-refractivity contribution >= 4 is 29.2 Å². The number of tetrazole rings is 1. The van der Waals surface area contributed by atoms with Crippen molar-refractivity contribution in [3.63, 3.8) is 0 Å². The zero-order valence-corrected chi connectivity index (χ0v) is 14.3. The fourth-order valence-electron chi connectivity index (χ4n) is 1.99. The smallest absolute Gasteiger partial charge is 0.338 e. The van der Waals surface area contributed by atoms with Gasteiger partial charge in [-0.15, -0.1) is 5.10 Å². The number of carbonyl (C=O) groups excluding carboxylic acids is 1. The van der Waals surface area contributed by atoms with Crippen LogP contribution in [0.5, 0.6) is 5.75 Å². The van der Waals surface area contributed by atoms with Crippen LogP contribution < -0.4 is 4.74 Å². The molecule has 128 valence electrons. The lowest BCUT2D eigenvalue weighted by Crippen LogP contribution is -2.12. The summed E-state index contributed by atoms with van der Waals surface area (Å²) in [5.41, 5.74) is 1.16. The molecule has 0 aliphatic rings. The third kappa shape index (κ3) is 4.46. The van der Waals surface area contributed by atoms with Gasteiger partial charge in [0.15, 0.2) is 0 Å². The van der Waals surface area contributed by atoms with Crippen molar-refractivity contribution in [3.05, 3.63) is 64.4 Å². The number of esters is 1. The van der Waals surface area contributed by atoms with Crippen LogP contribution in [0.1, 0.15) is 10.4 Å². The van der Waals surface area contributed by atoms with E-state index in [9.17, 15) is 4.79 Å². The quantitative estimate of drug-likeness (QED) is 0.484. The van der Waals surface area contributed by atoms with Gasteiger partial charge in [0.1, 0.15) is 25.3 Å². The zero-order valence-electron chi connectivity index (χ0n) is 12.8. The molecule has 7 nitrogen and oxygen atoms in total. The highest BCUT2D eigenvalue weighted by Gasteiger charge is 2.08. The first kappa shape index (κ1) is 17.2. The first-order chi connectivity index (χ1) is 12.1. The molecule has 1 aromatic heterocycles. The van der Waals surface area contributed by atoms with Gasteiger partial charge >= 0.3 is 5.97 Å². The molecule has 25 heavy (non-hydrogen) atoms. The van der Waals surface area contributed by atoms with Gasteiger partial charge in [-0.05, 0) is 52.9 Å². The van der Waals surface area contributed by atoms with Gasteiger partial charge in [0.05, 0.1) is 16.3 Å². The van der Waals surface area contributed by atoms with E-state index in [0.717, 1.165) is 5.69 Å². The topological polar surface area (TPSA) is 79.1 Å². The maximum Gasteiger partial charge on any atom is 0.338 e. The predicted molar refractivity (Wildman–Crippen MR) is 91.4 cm³/mol. The maximum atomic E-state index is 12.0. The second kappa shape index (κ2) is 7.96. The fourth-order valence-corrected chi connectivity index (χ4v) is 2.45. The number of hydrogen-bond acceptors (Lipinski definition) is 6. The summed E-state index contributed by atoms with van der Waals surface area (Å²) in [6.07, 6.45) is 1.46. The van der Waals surface area contributed by atoms with Gasteiger partial charge in [0.25, 0.3) is 0 Å². The number of halogens is 2. The van der Waals surface area contributed by atoms with E-state index in [-0.39, 0.29) is 13.2 Å². The summed E-state index contributed by atoms with van der Waals surface area (Å²) in [4.78, 5) is 12.0. The predicted octanol–water partition coefficient (Wildman–Crippen LogP) is 3.20. The van der Waals surface area contributed by atoms with Crippen LogP contribution in [0.2, 0.25) is 10.0 Å². The van der Waals surface area contributed by atoms with E-state index in [1.807, 2.05) is 0 Å². The molecule has 3 aromatic rings. The number of aromatic nitrogens is 4. The van der Waals surface area contributed by atoms with Crippen LogP contribution in [0.15, 0.2) is 48.8 Å². The number of nitrogens with zero attached hydrogens (tertiary/aromatic N) is 4. The third-order valence-electron chi connectivity index (χ3n) is 3.18. The Morgan fingerprint density at radius 3 is 2.56 bits per heavy atom. The highest BCUT2D eigenvalue weighted by atomic mass is 35.5. The lowest BCUT2D eigenvalue weighted by molar-refractivity contribution is 0.0450. The third-order valence-corrected chi connectivity index (χ3v) is 3.72. The van der Waals surface area contributed by atoms with Gasteiger partial charge in [-0.2, -0.15) is 0 Å². The molecule has 0 amide bonds. The molecule has 0 atom stereocenters. The van der Waals surface area contributed by atoms with Gasteiger partial charge in [-0.3, -0.25) is 0 Å². The Hall–Kier alpha value is -2.64. The molecule has 0 aliphatic heterocycles. The first-order valence-electron chi connectivity index (χ1n) is 7.22. The van der Waals surface area contributed by atoms with Crippen molar-refractivity contribution in [1.82, 2.24) is 20.2 Å². The maximum absolute atomic E-state index is 12.0. The molecule has 2 aromatic carbocycles. The Morgan fingerprint density at radius 2 is 1.88 bits per heavy atom. The van der Waals surface area contributed by atoms with Crippen molar-refractivity contribution in [2.45, 2.75) is 0 Å². The Balaban J connectivity index is 1.49. The van der Waals surface area contributed by atoms with E-state index < -0.39 is 5.97 Å². The molecule has 3 rings (SSSR count). The summed E-state index contributed by atoms with van der Waals surface area (Å²) < 4.78 is 12.1. The second-order valence-corrected chi connectivity index (χ2v) is 5.70. The van der Waals surface area contributed by atoms with Gasteiger partial charge in [-0.1, -0.05) is 23.2 Å². The van der Waals surface area contributed by atoms with Crippen LogP contribution in [0.25, 0.3) is 5.69 Å². The molecular weight excluding hydrogens is 367 g/mol. The highest BCUT2D eigenvalue weighted by Crippen LogP contribution is 2.27. The number of benzene rings is 2. The lowest BCUT2D eigenvalue weighted by atomic mass is 10.2. The first-order valence-corrected chi connectivity index (χ1v) is 7.97. The molecule has 0 bridgehead atoms. The molecule has 9 heteroatoms. The minimum absolute atomic E-state index is 0.0898. The van der Waals surface area contributed by atoms with Crippen LogP contribution in [-0.2, 0) is 4.74 Å². The van der Waals surface area contributed by atoms with Crippen LogP contribution in [-0.4, -0.2) is 39.4 Å². The fraction of sp³-hybridized carbons (Fsp3) is 0.125. The molecule has 0 radical (unpaired) electrons. The number of rotatable bonds is 6. The molecule has 1 heterocycles. The van der Waals surface area contributed by atoms with E-state index >= 15 is 0 Å². The van der Waals surface area contributed by atoms with Crippen LogP contribution in [0.3, 0.4) is 0 Å². The number of ether oxygens (including phenoxy) is 2. The van der Waals surface area contributed by atoms with Crippen molar-refractivity contribution in [2.75, 3.05) is 13.2 Å². The normalized spacial score (nSPS) is 10.5. The van der Waals surface area contributed by atoms with E-state index in [1.54, 1.807) is 42.5 Å². The molecule has 0 N–H and O–H groups in total. The summed E-state index contributed by atoms with van der Waals surface area (Å²) in [5.74, 6) is 0.0296. The summed E-state index contributed by atoms with van der Waals surface area (Å²) >= 11 is 11.8. The van der Waals surface area contributed by atoms with E-state index in [2.05, 4.69) is 15.5 Å². The van der Waals surface area contributed by atoms with Gasteiger partial charge in [0, 0.05) is 5.02 Å². The van der Waals surface area contributed by atoms with E-state index in [1.165, 1.54) is 11.0 Å². The Bertz CT molecular complexity index is 854. The van der Waals surface area contributed by atoms with Crippen LogP contribution >= 0.6 is 23.2 Å². The largest absolute Gasteiger partial charge is 0.488 e. The van der Waals surface area contributed by atoms with E-state index in [4.69, 9.17) is 32.7 Å². The average molecular weight is 379 g/mol. The highest BCUT2D eigenvalue weighted by molar-refractivity contribution is 6.35. The molecular formula is C16H12Cl2N4O3. The van der Waals surface area contributed by atoms with Crippen molar-refractivity contribution in [2.24, 2.45) is 0 Å². The summed E-state index contributed by atoms with van der Waals surface area (Å²) in [6.45, 7) is 0.266. The molecule has 0 unspecified atom stereocenters. The minimum atomic E-state index is -0.450. The summed E-state index contributed by atoms with van der Waals surface area (Å²) in [7, 11) is 0. The Morgan fingerprint density at radius 1 is 1.08 bits per heavy atom. The van der Waals surface area contributed by atoms with Crippen molar-refractivity contribution in [3.8, 4) is 11.4 Å². The summed E-state index contributed by atoms with van der Waals surface area (Å²) in [6, 6.07) is 11.6. The number of hydrogen-bond donors (Lipinski definition) is 0. The van der Waals surface area contributed by atoms with E-state index in [0.29, 0.717) is 21.4 Å². The Kier molecular flexibility index (Phi) is 5.47. The molecule has 0 saturated carbocycles.